The van der Waals surface area contributed by atoms with Crippen LogP contribution in [-0.4, -0.2) is 59.4 Å². The van der Waals surface area contributed by atoms with Gasteiger partial charge in [-0.2, -0.15) is 11.3 Å². The Morgan fingerprint density at radius 2 is 1.84 bits per heavy atom. The summed E-state index contributed by atoms with van der Waals surface area (Å²) in [6.07, 6.45) is 2.86. The van der Waals surface area contributed by atoms with Crippen molar-refractivity contribution in [3.05, 3.63) is 65.0 Å². The van der Waals surface area contributed by atoms with Crippen LogP contribution >= 0.6 is 11.3 Å². The van der Waals surface area contributed by atoms with Crippen molar-refractivity contribution < 1.29 is 9.59 Å². The molecule has 2 amide bonds. The lowest BCUT2D eigenvalue weighted by atomic mass is 10.2. The molecule has 0 saturated carbocycles. The van der Waals surface area contributed by atoms with E-state index in [0.717, 1.165) is 24.5 Å². The van der Waals surface area contributed by atoms with Crippen molar-refractivity contribution in [2.24, 2.45) is 0 Å². The van der Waals surface area contributed by atoms with Gasteiger partial charge in [0.1, 0.15) is 5.82 Å². The number of hydrogen-bond donors (Lipinski definition) is 1. The fraction of sp³-hybridized carbons (Fsp3) is 0.304. The Labute approximate surface area is 185 Å². The predicted octanol–water partition coefficient (Wildman–Crippen LogP) is 3.06. The number of piperazine rings is 1. The van der Waals surface area contributed by atoms with E-state index >= 15 is 0 Å². The molecule has 0 atom stereocenters. The van der Waals surface area contributed by atoms with Gasteiger partial charge in [-0.1, -0.05) is 30.3 Å². The van der Waals surface area contributed by atoms with Crippen LogP contribution in [0, 0.1) is 0 Å². The summed E-state index contributed by atoms with van der Waals surface area (Å²) < 4.78 is 0. The molecule has 1 fully saturated rings. The van der Waals surface area contributed by atoms with Gasteiger partial charge in [-0.25, -0.2) is 9.97 Å². The number of hydrogen-bond acceptors (Lipinski definition) is 6. The first-order valence-corrected chi connectivity index (χ1v) is 11.4. The molecule has 7 nitrogen and oxygen atoms in total. The molecule has 0 unspecified atom stereocenters. The highest BCUT2D eigenvalue weighted by Crippen LogP contribution is 2.19. The number of aromatic nitrogens is 2. The molecule has 0 bridgehead atoms. The van der Waals surface area contributed by atoms with Gasteiger partial charge in [0.25, 0.3) is 5.91 Å². The van der Waals surface area contributed by atoms with Crippen LogP contribution in [0.25, 0.3) is 11.4 Å². The lowest BCUT2D eigenvalue weighted by Crippen LogP contribution is -2.49. The Morgan fingerprint density at radius 3 is 2.58 bits per heavy atom. The van der Waals surface area contributed by atoms with Crippen molar-refractivity contribution in [1.29, 1.82) is 0 Å². The zero-order valence-corrected chi connectivity index (χ0v) is 18.1. The molecule has 1 aromatic carbocycles. The first kappa shape index (κ1) is 21.0. The van der Waals surface area contributed by atoms with E-state index in [-0.39, 0.29) is 11.8 Å². The molecule has 4 rings (SSSR count). The smallest absolute Gasteiger partial charge is 0.252 e. The summed E-state index contributed by atoms with van der Waals surface area (Å²) in [6.45, 7) is 3.33. The van der Waals surface area contributed by atoms with Crippen LogP contribution in [0.1, 0.15) is 23.2 Å². The quantitative estimate of drug-likeness (QED) is 0.577. The Bertz CT molecular complexity index is 1000. The molecule has 1 aliphatic rings. The number of anilines is 1. The third-order valence-electron chi connectivity index (χ3n) is 5.27. The van der Waals surface area contributed by atoms with E-state index in [2.05, 4.69) is 15.2 Å². The number of rotatable bonds is 7. The van der Waals surface area contributed by atoms with Crippen LogP contribution in [0.15, 0.2) is 59.4 Å². The normalized spacial score (nSPS) is 13.8. The van der Waals surface area contributed by atoms with Crippen LogP contribution in [0.2, 0.25) is 0 Å². The lowest BCUT2D eigenvalue weighted by Gasteiger charge is -2.35. The van der Waals surface area contributed by atoms with Crippen LogP contribution in [0.4, 0.5) is 5.82 Å². The molecule has 31 heavy (non-hydrogen) atoms. The standard InChI is InChI=1S/C23H25N5O2S/c29-21(7-4-10-25-23(30)19-9-16-31-17-19)28-14-12-27(13-15-28)20-8-11-24-22(26-20)18-5-2-1-3-6-18/h1-3,5-6,8-9,11,16-17H,4,7,10,12-15H2,(H,25,30). The first-order chi connectivity index (χ1) is 15.2. The SMILES string of the molecule is O=C(NCCCC(=O)N1CCN(c2ccnc(-c3ccccc3)n2)CC1)c1ccsc1. The molecule has 1 saturated heterocycles. The highest BCUT2D eigenvalue weighted by molar-refractivity contribution is 7.08. The number of carbonyl (C=O) groups excluding carboxylic acids is 2. The molecule has 0 radical (unpaired) electrons. The lowest BCUT2D eigenvalue weighted by molar-refractivity contribution is -0.131. The van der Waals surface area contributed by atoms with Crippen molar-refractivity contribution in [3.8, 4) is 11.4 Å². The number of amides is 2. The van der Waals surface area contributed by atoms with E-state index in [1.54, 1.807) is 12.3 Å². The van der Waals surface area contributed by atoms with Gasteiger partial charge in [0.15, 0.2) is 5.82 Å². The molecule has 3 heterocycles. The van der Waals surface area contributed by atoms with E-state index in [0.29, 0.717) is 43.9 Å². The zero-order valence-electron chi connectivity index (χ0n) is 17.2. The second-order valence-electron chi connectivity index (χ2n) is 7.34. The molecule has 3 aromatic rings. The number of nitrogens with zero attached hydrogens (tertiary/aromatic N) is 4. The summed E-state index contributed by atoms with van der Waals surface area (Å²) in [4.78, 5) is 37.6. The van der Waals surface area contributed by atoms with Crippen LogP contribution in [-0.2, 0) is 4.79 Å². The molecule has 8 heteroatoms. The molecular weight excluding hydrogens is 410 g/mol. The van der Waals surface area contributed by atoms with Crippen molar-refractivity contribution in [3.63, 3.8) is 0 Å². The first-order valence-electron chi connectivity index (χ1n) is 10.4. The van der Waals surface area contributed by atoms with Crippen molar-refractivity contribution >= 4 is 29.0 Å². The molecular formula is C23H25N5O2S. The van der Waals surface area contributed by atoms with Gasteiger partial charge in [-0.15, -0.1) is 0 Å². The van der Waals surface area contributed by atoms with Crippen LogP contribution in [0.5, 0.6) is 0 Å². The maximum absolute atomic E-state index is 12.5. The molecule has 160 valence electrons. The Kier molecular flexibility index (Phi) is 6.89. The van der Waals surface area contributed by atoms with E-state index in [9.17, 15) is 9.59 Å². The third kappa shape index (κ3) is 5.46. The van der Waals surface area contributed by atoms with Gasteiger partial charge < -0.3 is 15.1 Å². The Balaban J connectivity index is 1.22. The summed E-state index contributed by atoms with van der Waals surface area (Å²) in [5.41, 5.74) is 1.66. The minimum atomic E-state index is -0.0814. The molecule has 1 aliphatic heterocycles. The summed E-state index contributed by atoms with van der Waals surface area (Å²) >= 11 is 1.50. The number of nitrogens with one attached hydrogen (secondary N) is 1. The number of benzene rings is 1. The maximum Gasteiger partial charge on any atom is 0.252 e. The maximum atomic E-state index is 12.5. The van der Waals surface area contributed by atoms with Gasteiger partial charge in [-0.05, 0) is 23.9 Å². The van der Waals surface area contributed by atoms with Gasteiger partial charge in [0, 0.05) is 61.8 Å². The minimum absolute atomic E-state index is 0.0814. The van der Waals surface area contributed by atoms with E-state index in [1.807, 2.05) is 52.1 Å². The summed E-state index contributed by atoms with van der Waals surface area (Å²) in [7, 11) is 0. The minimum Gasteiger partial charge on any atom is -0.353 e. The van der Waals surface area contributed by atoms with Gasteiger partial charge >= 0.3 is 0 Å². The van der Waals surface area contributed by atoms with Gasteiger partial charge in [-0.3, -0.25) is 9.59 Å². The van der Waals surface area contributed by atoms with E-state index in [1.165, 1.54) is 11.3 Å². The Morgan fingerprint density at radius 1 is 1.03 bits per heavy atom. The highest BCUT2D eigenvalue weighted by Gasteiger charge is 2.22. The van der Waals surface area contributed by atoms with E-state index < -0.39 is 0 Å². The second-order valence-corrected chi connectivity index (χ2v) is 8.12. The average Bonchev–Trinajstić information content (AvgIpc) is 3.38. The van der Waals surface area contributed by atoms with Gasteiger partial charge in [0.05, 0.1) is 0 Å². The fourth-order valence-electron chi connectivity index (χ4n) is 3.53. The molecule has 2 aromatic heterocycles. The topological polar surface area (TPSA) is 78.4 Å². The summed E-state index contributed by atoms with van der Waals surface area (Å²) in [5.74, 6) is 1.65. The predicted molar refractivity (Wildman–Crippen MR) is 122 cm³/mol. The summed E-state index contributed by atoms with van der Waals surface area (Å²) in [6, 6.07) is 13.6. The van der Waals surface area contributed by atoms with Crippen molar-refractivity contribution in [2.45, 2.75) is 12.8 Å². The van der Waals surface area contributed by atoms with Gasteiger partial charge in [0.2, 0.25) is 5.91 Å². The number of carbonyl (C=O) groups is 2. The monoisotopic (exact) mass is 435 g/mol. The third-order valence-corrected chi connectivity index (χ3v) is 5.95. The van der Waals surface area contributed by atoms with Crippen molar-refractivity contribution in [2.75, 3.05) is 37.6 Å². The largest absolute Gasteiger partial charge is 0.353 e. The van der Waals surface area contributed by atoms with Crippen LogP contribution in [0.3, 0.4) is 0 Å². The molecule has 0 spiro atoms. The highest BCUT2D eigenvalue weighted by atomic mass is 32.1. The van der Waals surface area contributed by atoms with E-state index in [4.69, 9.17) is 4.98 Å². The molecule has 1 N–H and O–H groups in total. The Hall–Kier alpha value is -3.26. The summed E-state index contributed by atoms with van der Waals surface area (Å²) in [5, 5.41) is 6.56. The molecule has 0 aliphatic carbocycles. The van der Waals surface area contributed by atoms with Crippen molar-refractivity contribution in [1.82, 2.24) is 20.2 Å². The second kappa shape index (κ2) is 10.2. The zero-order chi connectivity index (χ0) is 21.5. The number of thiophene rings is 1. The average molecular weight is 436 g/mol. The van der Waals surface area contributed by atoms with Crippen LogP contribution < -0.4 is 10.2 Å². The fourth-order valence-corrected chi connectivity index (χ4v) is 4.17.